The topological polar surface area (TPSA) is 54.0 Å². The largest absolute Gasteiger partial charge is 0.361 e. The molecule has 0 fully saturated rings. The lowest BCUT2D eigenvalue weighted by atomic mass is 10.2. The summed E-state index contributed by atoms with van der Waals surface area (Å²) >= 11 is 1.39. The van der Waals surface area contributed by atoms with Crippen LogP contribution in [-0.2, 0) is 4.79 Å². The van der Waals surface area contributed by atoms with Crippen LogP contribution in [0.25, 0.3) is 10.2 Å². The van der Waals surface area contributed by atoms with Crippen molar-refractivity contribution < 1.29 is 9.18 Å². The van der Waals surface area contributed by atoms with E-state index in [1.165, 1.54) is 23.5 Å². The second kappa shape index (κ2) is 6.65. The molecule has 1 aromatic heterocycles. The minimum Gasteiger partial charge on any atom is -0.361 e. The Bertz CT molecular complexity index is 599. The number of halogens is 1. The van der Waals surface area contributed by atoms with Gasteiger partial charge >= 0.3 is 0 Å². The van der Waals surface area contributed by atoms with Gasteiger partial charge in [-0.2, -0.15) is 0 Å². The first-order chi connectivity index (χ1) is 9.58. The number of hydrogen-bond donors (Lipinski definition) is 2. The van der Waals surface area contributed by atoms with Crippen molar-refractivity contribution in [3.05, 3.63) is 24.0 Å². The lowest BCUT2D eigenvalue weighted by Gasteiger charge is -2.11. The first kappa shape index (κ1) is 14.7. The number of hydrogen-bond acceptors (Lipinski definition) is 4. The van der Waals surface area contributed by atoms with E-state index in [1.54, 1.807) is 6.07 Å². The van der Waals surface area contributed by atoms with Crippen molar-refractivity contribution in [1.29, 1.82) is 0 Å². The zero-order valence-corrected chi connectivity index (χ0v) is 12.4. The molecule has 0 radical (unpaired) electrons. The van der Waals surface area contributed by atoms with Crippen molar-refractivity contribution in [1.82, 2.24) is 10.3 Å². The monoisotopic (exact) mass is 295 g/mol. The summed E-state index contributed by atoms with van der Waals surface area (Å²) in [6.07, 6.45) is 1.32. The summed E-state index contributed by atoms with van der Waals surface area (Å²) in [5.41, 5.74) is 0.767. The number of thiazole rings is 1. The fourth-order valence-corrected chi connectivity index (χ4v) is 2.62. The number of rotatable bonds is 6. The van der Waals surface area contributed by atoms with Crippen molar-refractivity contribution in [2.75, 3.05) is 11.9 Å². The first-order valence-corrected chi connectivity index (χ1v) is 7.49. The molecule has 0 saturated heterocycles. The molecule has 2 aromatic rings. The number of benzene rings is 1. The predicted octanol–water partition coefficient (Wildman–Crippen LogP) is 3.15. The number of nitrogens with zero attached hydrogens (tertiary/aromatic N) is 1. The number of carbonyl (C=O) groups excluding carboxylic acids is 1. The van der Waals surface area contributed by atoms with E-state index in [4.69, 9.17) is 0 Å². The first-order valence-electron chi connectivity index (χ1n) is 6.68. The van der Waals surface area contributed by atoms with Gasteiger partial charge < -0.3 is 10.6 Å². The van der Waals surface area contributed by atoms with E-state index in [9.17, 15) is 9.18 Å². The van der Waals surface area contributed by atoms with Crippen LogP contribution < -0.4 is 10.6 Å². The Labute approximate surface area is 121 Å². The highest BCUT2D eigenvalue weighted by Crippen LogP contribution is 2.26. The maximum Gasteiger partial charge on any atom is 0.221 e. The highest BCUT2D eigenvalue weighted by atomic mass is 32.1. The van der Waals surface area contributed by atoms with Crippen LogP contribution in [0.4, 0.5) is 9.52 Å². The van der Waals surface area contributed by atoms with Gasteiger partial charge in [0.1, 0.15) is 5.82 Å². The number of nitrogens with one attached hydrogen (secondary N) is 2. The zero-order chi connectivity index (χ0) is 14.5. The molecule has 1 unspecified atom stereocenters. The van der Waals surface area contributed by atoms with Gasteiger partial charge in [0, 0.05) is 19.0 Å². The summed E-state index contributed by atoms with van der Waals surface area (Å²) in [6.45, 7) is 4.53. The molecule has 0 aliphatic carbocycles. The minimum absolute atomic E-state index is 0.0269. The molecule has 108 valence electrons. The van der Waals surface area contributed by atoms with Gasteiger partial charge in [0.2, 0.25) is 5.91 Å². The summed E-state index contributed by atoms with van der Waals surface area (Å²) in [5.74, 6) is -0.236. The van der Waals surface area contributed by atoms with Crippen LogP contribution in [0.3, 0.4) is 0 Å². The molecule has 0 saturated carbocycles. The fraction of sp³-hybridized carbons (Fsp3) is 0.429. The number of aromatic nitrogens is 1. The SMILES string of the molecule is CCC(C)NC(=O)CCNc1nc2ccc(F)cc2s1. The van der Waals surface area contributed by atoms with E-state index in [0.717, 1.165) is 16.6 Å². The summed E-state index contributed by atoms with van der Waals surface area (Å²) in [5, 5.41) is 6.71. The maximum absolute atomic E-state index is 13.1. The van der Waals surface area contributed by atoms with E-state index < -0.39 is 0 Å². The second-order valence-corrected chi connectivity index (χ2v) is 5.72. The van der Waals surface area contributed by atoms with Crippen molar-refractivity contribution in [3.63, 3.8) is 0 Å². The molecular formula is C14H18FN3OS. The zero-order valence-electron chi connectivity index (χ0n) is 11.6. The highest BCUT2D eigenvalue weighted by molar-refractivity contribution is 7.22. The number of carbonyl (C=O) groups is 1. The summed E-state index contributed by atoms with van der Waals surface area (Å²) in [4.78, 5) is 15.9. The quantitative estimate of drug-likeness (QED) is 0.860. The van der Waals surface area contributed by atoms with Crippen molar-refractivity contribution in [3.8, 4) is 0 Å². The molecule has 2 N–H and O–H groups in total. The highest BCUT2D eigenvalue weighted by Gasteiger charge is 2.07. The van der Waals surface area contributed by atoms with E-state index in [0.29, 0.717) is 18.1 Å². The van der Waals surface area contributed by atoms with Crippen LogP contribution in [0.1, 0.15) is 26.7 Å². The number of anilines is 1. The van der Waals surface area contributed by atoms with Gasteiger partial charge in [0.05, 0.1) is 10.2 Å². The normalized spacial score (nSPS) is 12.3. The predicted molar refractivity (Wildman–Crippen MR) is 80.6 cm³/mol. The molecule has 1 heterocycles. The van der Waals surface area contributed by atoms with Crippen molar-refractivity contribution in [2.45, 2.75) is 32.7 Å². The summed E-state index contributed by atoms with van der Waals surface area (Å²) in [7, 11) is 0. The number of amides is 1. The third-order valence-corrected chi connectivity index (χ3v) is 3.97. The Hall–Kier alpha value is -1.69. The summed E-state index contributed by atoms with van der Waals surface area (Å²) < 4.78 is 13.9. The van der Waals surface area contributed by atoms with Crippen LogP contribution in [0.5, 0.6) is 0 Å². The van der Waals surface area contributed by atoms with E-state index in [2.05, 4.69) is 15.6 Å². The standard InChI is InChI=1S/C14H18FN3OS/c1-3-9(2)17-13(19)6-7-16-14-18-11-5-4-10(15)8-12(11)20-14/h4-5,8-9H,3,6-7H2,1-2H3,(H,16,18)(H,17,19). The van der Waals surface area contributed by atoms with Gasteiger partial charge in [-0.05, 0) is 31.5 Å². The average Bonchev–Trinajstić information content (AvgIpc) is 2.80. The molecule has 4 nitrogen and oxygen atoms in total. The Morgan fingerprint density at radius 2 is 2.30 bits per heavy atom. The molecule has 0 aliphatic rings. The second-order valence-electron chi connectivity index (χ2n) is 4.68. The van der Waals surface area contributed by atoms with E-state index in [1.807, 2.05) is 13.8 Å². The number of fused-ring (bicyclic) bond motifs is 1. The van der Waals surface area contributed by atoms with Crippen molar-refractivity contribution in [2.24, 2.45) is 0 Å². The molecule has 6 heteroatoms. The van der Waals surface area contributed by atoms with E-state index in [-0.39, 0.29) is 17.8 Å². The lowest BCUT2D eigenvalue weighted by molar-refractivity contribution is -0.121. The van der Waals surface area contributed by atoms with Gasteiger partial charge in [-0.25, -0.2) is 9.37 Å². The van der Waals surface area contributed by atoms with Gasteiger partial charge in [-0.3, -0.25) is 4.79 Å². The average molecular weight is 295 g/mol. The molecule has 1 amide bonds. The maximum atomic E-state index is 13.1. The third-order valence-electron chi connectivity index (χ3n) is 3.00. The Balaban J connectivity index is 1.85. The Kier molecular flexibility index (Phi) is 4.89. The molecule has 1 atom stereocenters. The summed E-state index contributed by atoms with van der Waals surface area (Å²) in [6, 6.07) is 4.72. The molecule has 20 heavy (non-hydrogen) atoms. The van der Waals surface area contributed by atoms with Crippen LogP contribution in [-0.4, -0.2) is 23.5 Å². The van der Waals surface area contributed by atoms with Crippen LogP contribution in [0, 0.1) is 5.82 Å². The lowest BCUT2D eigenvalue weighted by Crippen LogP contribution is -2.32. The van der Waals surface area contributed by atoms with Gasteiger partial charge in [0.15, 0.2) is 5.13 Å². The van der Waals surface area contributed by atoms with Gasteiger partial charge in [-0.15, -0.1) is 0 Å². The smallest absolute Gasteiger partial charge is 0.221 e. The van der Waals surface area contributed by atoms with Crippen LogP contribution in [0.15, 0.2) is 18.2 Å². The molecule has 0 aliphatic heterocycles. The Morgan fingerprint density at radius 3 is 3.05 bits per heavy atom. The van der Waals surface area contributed by atoms with Crippen LogP contribution >= 0.6 is 11.3 Å². The fourth-order valence-electron chi connectivity index (χ4n) is 1.71. The molecular weight excluding hydrogens is 277 g/mol. The Morgan fingerprint density at radius 1 is 1.50 bits per heavy atom. The molecule has 1 aromatic carbocycles. The van der Waals surface area contributed by atoms with Crippen LogP contribution in [0.2, 0.25) is 0 Å². The molecule has 0 spiro atoms. The van der Waals surface area contributed by atoms with Gasteiger partial charge in [-0.1, -0.05) is 18.3 Å². The van der Waals surface area contributed by atoms with E-state index >= 15 is 0 Å². The van der Waals surface area contributed by atoms with Gasteiger partial charge in [0.25, 0.3) is 0 Å². The van der Waals surface area contributed by atoms with Crippen molar-refractivity contribution >= 4 is 32.6 Å². The molecule has 0 bridgehead atoms. The molecule has 2 rings (SSSR count). The third kappa shape index (κ3) is 3.90. The minimum atomic E-state index is -0.263.